The molecule has 4 rings (SSSR count). The number of amidine groups is 3. The molecule has 9 nitrogen and oxygen atoms in total. The van der Waals surface area contributed by atoms with Gasteiger partial charge in [0.2, 0.25) is 0 Å². The fourth-order valence-electron chi connectivity index (χ4n) is 2.90. The minimum atomic E-state index is -0.317. The average molecular weight is 391 g/mol. The molecule has 0 saturated heterocycles. The van der Waals surface area contributed by atoms with Crippen LogP contribution < -0.4 is 11.6 Å². The number of hydrogen-bond donors (Lipinski definition) is 2. The molecule has 29 heavy (non-hydrogen) atoms. The second-order valence-corrected chi connectivity index (χ2v) is 6.38. The van der Waals surface area contributed by atoms with Crippen molar-refractivity contribution in [2.75, 3.05) is 7.05 Å². The standard InChI is InChI=1S/C19H18FN9/c1-11-16(21)24-18(25-17(11)27-28(2)22)15-13-7-5-9-23-19(13)29(26-15)10-12-6-3-4-8-14(12)20/h3-9H,1,10,22H2,2H3,(H2,21,24,25,27). The fourth-order valence-corrected chi connectivity index (χ4v) is 2.90. The summed E-state index contributed by atoms with van der Waals surface area (Å²) in [4.78, 5) is 13.1. The van der Waals surface area contributed by atoms with E-state index in [1.165, 1.54) is 6.07 Å². The minimum Gasteiger partial charge on any atom is -0.383 e. The highest BCUT2D eigenvalue weighted by molar-refractivity contribution is 6.32. The number of hydrogen-bond acceptors (Lipinski definition) is 7. The van der Waals surface area contributed by atoms with Gasteiger partial charge in [-0.05, 0) is 18.2 Å². The van der Waals surface area contributed by atoms with Crippen LogP contribution in [0.2, 0.25) is 0 Å². The van der Waals surface area contributed by atoms with Crippen LogP contribution in [0.3, 0.4) is 0 Å². The van der Waals surface area contributed by atoms with Crippen molar-refractivity contribution in [1.29, 1.82) is 0 Å². The van der Waals surface area contributed by atoms with E-state index in [0.717, 1.165) is 5.12 Å². The number of halogens is 1. The molecule has 0 amide bonds. The SMILES string of the molecule is C=C1C(N)=NC(c2nn(Cc3ccccc3F)c3ncccc23)=N/C1=N/N(C)N. The van der Waals surface area contributed by atoms with E-state index in [0.29, 0.717) is 27.9 Å². The average Bonchev–Trinajstić information content (AvgIpc) is 3.05. The predicted octanol–water partition coefficient (Wildman–Crippen LogP) is 1.41. The predicted molar refractivity (Wildman–Crippen MR) is 110 cm³/mol. The highest BCUT2D eigenvalue weighted by Gasteiger charge is 2.23. The first kappa shape index (κ1) is 18.4. The van der Waals surface area contributed by atoms with Crippen LogP contribution in [-0.2, 0) is 6.54 Å². The van der Waals surface area contributed by atoms with Crippen LogP contribution in [0.25, 0.3) is 11.0 Å². The first-order valence-corrected chi connectivity index (χ1v) is 8.69. The molecule has 0 radical (unpaired) electrons. The summed E-state index contributed by atoms with van der Waals surface area (Å²) < 4.78 is 15.7. The Hall–Kier alpha value is -3.92. The van der Waals surface area contributed by atoms with E-state index in [-0.39, 0.29) is 29.9 Å². The Morgan fingerprint density at radius 2 is 2.00 bits per heavy atom. The summed E-state index contributed by atoms with van der Waals surface area (Å²) >= 11 is 0. The van der Waals surface area contributed by atoms with Crippen LogP contribution in [0.5, 0.6) is 0 Å². The summed E-state index contributed by atoms with van der Waals surface area (Å²) in [5.41, 5.74) is 7.87. The Morgan fingerprint density at radius 3 is 2.76 bits per heavy atom. The van der Waals surface area contributed by atoms with Gasteiger partial charge in [0.15, 0.2) is 17.3 Å². The van der Waals surface area contributed by atoms with Crippen LogP contribution in [0, 0.1) is 5.82 Å². The summed E-state index contributed by atoms with van der Waals surface area (Å²) in [6, 6.07) is 10.1. The molecule has 3 heterocycles. The maximum absolute atomic E-state index is 14.1. The third-order valence-electron chi connectivity index (χ3n) is 4.27. The Bertz CT molecular complexity index is 1200. The molecule has 3 aromatic rings. The van der Waals surface area contributed by atoms with Gasteiger partial charge < -0.3 is 5.73 Å². The number of nitrogens with zero attached hydrogens (tertiary/aromatic N) is 7. The van der Waals surface area contributed by atoms with Crippen molar-refractivity contribution < 1.29 is 4.39 Å². The number of aromatic nitrogens is 3. The van der Waals surface area contributed by atoms with Crippen molar-refractivity contribution in [2.45, 2.75) is 6.54 Å². The topological polar surface area (TPSA) is 123 Å². The van der Waals surface area contributed by atoms with Crippen molar-refractivity contribution in [2.24, 2.45) is 26.7 Å². The number of hydrazone groups is 1. The van der Waals surface area contributed by atoms with E-state index in [1.54, 1.807) is 42.2 Å². The fraction of sp³-hybridized carbons (Fsp3) is 0.105. The number of pyridine rings is 1. The van der Waals surface area contributed by atoms with Crippen molar-refractivity contribution in [3.8, 4) is 0 Å². The molecule has 0 unspecified atom stereocenters. The summed E-state index contributed by atoms with van der Waals surface area (Å²) in [5, 5.41) is 10.5. The quantitative estimate of drug-likeness (QED) is 0.514. The molecule has 0 spiro atoms. The van der Waals surface area contributed by atoms with Gasteiger partial charge in [-0.3, -0.25) is 0 Å². The highest BCUT2D eigenvalue weighted by atomic mass is 19.1. The number of benzene rings is 1. The molecule has 0 aliphatic carbocycles. The number of rotatable bonds is 4. The highest BCUT2D eigenvalue weighted by Crippen LogP contribution is 2.21. The smallest absolute Gasteiger partial charge is 0.186 e. The van der Waals surface area contributed by atoms with Crippen LogP contribution in [0.15, 0.2) is 69.8 Å². The molecular formula is C19H18FN9. The van der Waals surface area contributed by atoms with Gasteiger partial charge in [-0.1, -0.05) is 24.8 Å². The minimum absolute atomic E-state index is 0.163. The molecule has 0 saturated carbocycles. The van der Waals surface area contributed by atoms with Gasteiger partial charge in [0.25, 0.3) is 0 Å². The third-order valence-corrected chi connectivity index (χ3v) is 4.27. The lowest BCUT2D eigenvalue weighted by Crippen LogP contribution is -2.29. The maximum Gasteiger partial charge on any atom is 0.186 e. The molecule has 1 aliphatic rings. The number of aliphatic imine (C=N–C) groups is 2. The van der Waals surface area contributed by atoms with E-state index in [2.05, 4.69) is 31.7 Å². The molecule has 10 heteroatoms. The van der Waals surface area contributed by atoms with Gasteiger partial charge in [0.05, 0.1) is 17.5 Å². The third kappa shape index (κ3) is 3.48. The molecule has 146 valence electrons. The zero-order valence-electron chi connectivity index (χ0n) is 15.6. The Morgan fingerprint density at radius 1 is 1.21 bits per heavy atom. The maximum atomic E-state index is 14.1. The zero-order chi connectivity index (χ0) is 20.5. The molecule has 1 aromatic carbocycles. The van der Waals surface area contributed by atoms with Gasteiger partial charge in [0.1, 0.15) is 17.3 Å². The van der Waals surface area contributed by atoms with Crippen molar-refractivity contribution >= 4 is 28.5 Å². The van der Waals surface area contributed by atoms with Crippen LogP contribution in [0.1, 0.15) is 11.3 Å². The first-order chi connectivity index (χ1) is 13.9. The summed E-state index contributed by atoms with van der Waals surface area (Å²) in [6.07, 6.45) is 1.64. The van der Waals surface area contributed by atoms with Gasteiger partial charge in [-0.25, -0.2) is 35.0 Å². The lowest BCUT2D eigenvalue weighted by Gasteiger charge is -2.14. The van der Waals surface area contributed by atoms with Gasteiger partial charge in [0, 0.05) is 18.8 Å². The second-order valence-electron chi connectivity index (χ2n) is 6.38. The van der Waals surface area contributed by atoms with E-state index >= 15 is 0 Å². The molecule has 2 aromatic heterocycles. The molecule has 4 N–H and O–H groups in total. The van der Waals surface area contributed by atoms with E-state index in [9.17, 15) is 4.39 Å². The molecule has 0 fully saturated rings. The second kappa shape index (κ2) is 7.24. The monoisotopic (exact) mass is 391 g/mol. The molecule has 0 atom stereocenters. The van der Waals surface area contributed by atoms with E-state index in [1.807, 2.05) is 6.07 Å². The lowest BCUT2D eigenvalue weighted by atomic mass is 10.2. The summed E-state index contributed by atoms with van der Waals surface area (Å²) in [5.74, 6) is 5.93. The number of fused-ring (bicyclic) bond motifs is 1. The number of hydrazine groups is 1. The molecule has 0 bridgehead atoms. The zero-order valence-corrected chi connectivity index (χ0v) is 15.6. The lowest BCUT2D eigenvalue weighted by molar-refractivity contribution is 0.372. The van der Waals surface area contributed by atoms with Crippen molar-refractivity contribution in [3.63, 3.8) is 0 Å². The van der Waals surface area contributed by atoms with Crippen LogP contribution in [-0.4, -0.2) is 44.4 Å². The Labute approximate surface area is 165 Å². The van der Waals surface area contributed by atoms with E-state index in [4.69, 9.17) is 11.6 Å². The Balaban J connectivity index is 1.85. The summed E-state index contributed by atoms with van der Waals surface area (Å²) in [6.45, 7) is 4.04. The van der Waals surface area contributed by atoms with Gasteiger partial charge in [-0.2, -0.15) is 5.10 Å². The number of nitrogens with two attached hydrogens (primary N) is 2. The van der Waals surface area contributed by atoms with Crippen molar-refractivity contribution in [3.05, 3.63) is 71.8 Å². The van der Waals surface area contributed by atoms with Crippen LogP contribution in [0.4, 0.5) is 4.39 Å². The first-order valence-electron chi connectivity index (χ1n) is 8.69. The van der Waals surface area contributed by atoms with Crippen LogP contribution >= 0.6 is 0 Å². The van der Waals surface area contributed by atoms with Crippen molar-refractivity contribution in [1.82, 2.24) is 19.9 Å². The van der Waals surface area contributed by atoms with E-state index < -0.39 is 0 Å². The molecular weight excluding hydrogens is 373 g/mol. The largest absolute Gasteiger partial charge is 0.383 e. The summed E-state index contributed by atoms with van der Waals surface area (Å²) in [7, 11) is 1.56. The normalized spacial score (nSPS) is 15.6. The van der Waals surface area contributed by atoms with Gasteiger partial charge in [-0.15, -0.1) is 5.10 Å². The molecule has 1 aliphatic heterocycles. The Kier molecular flexibility index (Phi) is 4.61. The van der Waals surface area contributed by atoms with Gasteiger partial charge >= 0.3 is 0 Å².